The van der Waals surface area contributed by atoms with E-state index in [2.05, 4.69) is 21.5 Å². The molecule has 14 heteroatoms. The van der Waals surface area contributed by atoms with Gasteiger partial charge in [-0.15, -0.1) is 0 Å². The third kappa shape index (κ3) is 4.68. The molecule has 1 saturated heterocycles. The van der Waals surface area contributed by atoms with Gasteiger partial charge in [0.25, 0.3) is 5.91 Å². The van der Waals surface area contributed by atoms with Crippen LogP contribution in [-0.2, 0) is 9.59 Å². The van der Waals surface area contributed by atoms with E-state index in [0.717, 1.165) is 6.07 Å². The van der Waals surface area contributed by atoms with Gasteiger partial charge in [0.1, 0.15) is 35.4 Å². The molecule has 0 bridgehead atoms. The van der Waals surface area contributed by atoms with Gasteiger partial charge >= 0.3 is 5.69 Å². The van der Waals surface area contributed by atoms with Crippen LogP contribution in [0.1, 0.15) is 50.9 Å². The highest BCUT2D eigenvalue weighted by Crippen LogP contribution is 2.47. The summed E-state index contributed by atoms with van der Waals surface area (Å²) >= 11 is 7.04. The molecular weight excluding hydrogens is 615 g/mol. The van der Waals surface area contributed by atoms with Crippen molar-refractivity contribution < 1.29 is 19.1 Å². The SMILES string of the molecule is C=CC(=O)N1CCN2c3nc(=O)n(-c4c(C(C)C)ncnc4C(C)C)c4nc(-c5c(O)cccc5F)c(Cl)c(c34)N(C)C(=O)C2C1. The molecule has 2 amide bonds. The molecule has 12 nitrogen and oxygen atoms in total. The predicted octanol–water partition coefficient (Wildman–Crippen LogP) is 4.16. The fraction of sp³-hybridized carbons (Fsp3) is 0.344. The van der Waals surface area contributed by atoms with Gasteiger partial charge in [0.15, 0.2) is 5.65 Å². The van der Waals surface area contributed by atoms with E-state index in [1.807, 2.05) is 27.7 Å². The summed E-state index contributed by atoms with van der Waals surface area (Å²) in [4.78, 5) is 64.0. The van der Waals surface area contributed by atoms with Crippen molar-refractivity contribution >= 4 is 46.0 Å². The highest BCUT2D eigenvalue weighted by molar-refractivity contribution is 6.39. The molecule has 5 heterocycles. The van der Waals surface area contributed by atoms with E-state index in [4.69, 9.17) is 16.6 Å². The van der Waals surface area contributed by atoms with E-state index >= 15 is 4.39 Å². The van der Waals surface area contributed by atoms with Crippen LogP contribution in [0.15, 0.2) is 42.0 Å². The lowest BCUT2D eigenvalue weighted by Gasteiger charge is -2.40. The molecule has 0 aliphatic carbocycles. The number of likely N-dealkylation sites (N-methyl/N-ethyl adjacent to an activating group) is 1. The zero-order valence-electron chi connectivity index (χ0n) is 26.0. The van der Waals surface area contributed by atoms with Crippen LogP contribution >= 0.6 is 11.6 Å². The number of nitrogens with zero attached hydrogens (tertiary/aromatic N) is 8. The van der Waals surface area contributed by atoms with Crippen LogP contribution in [0, 0.1) is 5.82 Å². The number of halogens is 2. The zero-order valence-corrected chi connectivity index (χ0v) is 26.7. The summed E-state index contributed by atoms with van der Waals surface area (Å²) in [5, 5.41) is 11.0. The van der Waals surface area contributed by atoms with Gasteiger partial charge in [-0.3, -0.25) is 9.59 Å². The Bertz CT molecular complexity index is 1970. The number of anilines is 2. The summed E-state index contributed by atoms with van der Waals surface area (Å²) in [7, 11) is 1.51. The Hall–Kier alpha value is -4.91. The minimum Gasteiger partial charge on any atom is -0.507 e. The summed E-state index contributed by atoms with van der Waals surface area (Å²) in [6.07, 6.45) is 2.62. The topological polar surface area (TPSA) is 138 Å². The van der Waals surface area contributed by atoms with Crippen molar-refractivity contribution in [2.24, 2.45) is 0 Å². The summed E-state index contributed by atoms with van der Waals surface area (Å²) in [6, 6.07) is 2.85. The number of hydrogen-bond donors (Lipinski definition) is 1. The van der Waals surface area contributed by atoms with Gasteiger partial charge in [-0.1, -0.05) is 51.9 Å². The molecule has 2 aliphatic rings. The Morgan fingerprint density at radius 2 is 1.76 bits per heavy atom. The second-order valence-electron chi connectivity index (χ2n) is 11.9. The number of aromatic hydroxyl groups is 1. The number of phenols is 1. The van der Waals surface area contributed by atoms with Gasteiger partial charge in [0, 0.05) is 20.1 Å². The summed E-state index contributed by atoms with van der Waals surface area (Å²) < 4.78 is 16.7. The molecule has 0 spiro atoms. The molecule has 1 unspecified atom stereocenters. The number of fused-ring (bicyclic) bond motifs is 2. The largest absolute Gasteiger partial charge is 0.507 e. The second-order valence-corrected chi connectivity index (χ2v) is 12.3. The maximum Gasteiger partial charge on any atom is 0.355 e. The monoisotopic (exact) mass is 646 g/mol. The van der Waals surface area contributed by atoms with Crippen molar-refractivity contribution in [1.82, 2.24) is 29.4 Å². The second kappa shape index (κ2) is 11.5. The number of carbonyl (C=O) groups is 2. The van der Waals surface area contributed by atoms with Gasteiger partial charge in [0.2, 0.25) is 5.91 Å². The number of benzene rings is 1. The molecule has 1 fully saturated rings. The number of hydrogen-bond acceptors (Lipinski definition) is 9. The normalized spacial score (nSPS) is 16.3. The zero-order chi connectivity index (χ0) is 33.2. The minimum absolute atomic E-state index is 0.00179. The van der Waals surface area contributed by atoms with Crippen LogP contribution in [0.4, 0.5) is 15.9 Å². The Morgan fingerprint density at radius 1 is 1.09 bits per heavy atom. The highest BCUT2D eigenvalue weighted by Gasteiger charge is 2.43. The summed E-state index contributed by atoms with van der Waals surface area (Å²) in [5.74, 6) is -2.18. The molecule has 1 aromatic carbocycles. The van der Waals surface area contributed by atoms with E-state index in [1.165, 1.54) is 46.0 Å². The van der Waals surface area contributed by atoms with Crippen molar-refractivity contribution in [1.29, 1.82) is 0 Å². The lowest BCUT2D eigenvalue weighted by atomic mass is 10.0. The Balaban J connectivity index is 1.80. The maximum atomic E-state index is 15.4. The average molecular weight is 647 g/mol. The van der Waals surface area contributed by atoms with E-state index in [1.54, 1.807) is 4.90 Å². The molecule has 6 rings (SSSR count). The number of phenolic OH excluding ortho intramolecular Hbond substituents is 1. The number of piperazine rings is 1. The van der Waals surface area contributed by atoms with Crippen molar-refractivity contribution in [3.8, 4) is 22.7 Å². The molecule has 4 aromatic rings. The van der Waals surface area contributed by atoms with Crippen LogP contribution in [0.5, 0.6) is 5.75 Å². The first kappa shape index (κ1) is 31.1. The van der Waals surface area contributed by atoms with Gasteiger partial charge in [-0.05, 0) is 30.0 Å². The number of rotatable bonds is 5. The smallest absolute Gasteiger partial charge is 0.355 e. The number of pyridine rings is 1. The van der Waals surface area contributed by atoms with E-state index in [9.17, 15) is 19.5 Å². The molecule has 0 radical (unpaired) electrons. The third-order valence-electron chi connectivity index (χ3n) is 8.44. The highest BCUT2D eigenvalue weighted by atomic mass is 35.5. The van der Waals surface area contributed by atoms with E-state index in [-0.39, 0.29) is 76.2 Å². The van der Waals surface area contributed by atoms with Crippen molar-refractivity contribution in [2.75, 3.05) is 36.5 Å². The predicted molar refractivity (Wildman–Crippen MR) is 172 cm³/mol. The van der Waals surface area contributed by atoms with Gasteiger partial charge in [-0.2, -0.15) is 4.98 Å². The Kier molecular flexibility index (Phi) is 7.75. The van der Waals surface area contributed by atoms with Crippen molar-refractivity contribution in [3.63, 3.8) is 0 Å². The summed E-state index contributed by atoms with van der Waals surface area (Å²) in [6.45, 7) is 11.7. The van der Waals surface area contributed by atoms with Gasteiger partial charge in [0.05, 0.1) is 45.3 Å². The quantitative estimate of drug-likeness (QED) is 0.317. The minimum atomic E-state index is -0.931. The fourth-order valence-corrected chi connectivity index (χ4v) is 6.58. The van der Waals surface area contributed by atoms with Gasteiger partial charge < -0.3 is 19.8 Å². The fourth-order valence-electron chi connectivity index (χ4n) is 6.22. The van der Waals surface area contributed by atoms with Crippen molar-refractivity contribution in [3.05, 3.63) is 69.9 Å². The molecule has 1 N–H and O–H groups in total. The van der Waals surface area contributed by atoms with Gasteiger partial charge in [-0.25, -0.2) is 28.7 Å². The molecule has 1 atom stereocenters. The molecular formula is C32H32ClFN8O4. The number of carbonyl (C=O) groups excluding carboxylic acids is 2. The van der Waals surface area contributed by atoms with E-state index in [0.29, 0.717) is 17.1 Å². The Morgan fingerprint density at radius 3 is 2.37 bits per heavy atom. The third-order valence-corrected chi connectivity index (χ3v) is 8.79. The molecule has 238 valence electrons. The molecule has 2 aliphatic heterocycles. The average Bonchev–Trinajstić information content (AvgIpc) is 3.11. The lowest BCUT2D eigenvalue weighted by molar-refractivity contribution is -0.128. The Labute approximate surface area is 268 Å². The summed E-state index contributed by atoms with van der Waals surface area (Å²) in [5.41, 5.74) is 0.417. The molecule has 46 heavy (non-hydrogen) atoms. The number of amides is 2. The van der Waals surface area contributed by atoms with Crippen LogP contribution in [0.2, 0.25) is 5.02 Å². The van der Waals surface area contributed by atoms with Crippen molar-refractivity contribution in [2.45, 2.75) is 45.6 Å². The standard InChI is InChI=1S/C32H32ClFN8O4/c1-7-20(44)40-11-12-41-18(13-40)31(45)39(6)27-22-29(41)38-32(46)42(28-24(15(2)3)35-14-36-25(28)16(4)5)30(22)37-26(23(27)33)21-17(34)9-8-10-19(21)43/h7-10,14-16,18,43H,1,11-13H2,2-6H3. The molecule has 3 aromatic heterocycles. The maximum absolute atomic E-state index is 15.4. The van der Waals surface area contributed by atoms with Crippen LogP contribution in [0.3, 0.4) is 0 Å². The number of aromatic nitrogens is 5. The van der Waals surface area contributed by atoms with Crippen LogP contribution < -0.4 is 15.5 Å². The molecule has 0 saturated carbocycles. The first-order valence-corrected chi connectivity index (χ1v) is 15.2. The van der Waals surface area contributed by atoms with Crippen LogP contribution in [-0.4, -0.2) is 79.0 Å². The van der Waals surface area contributed by atoms with E-state index < -0.39 is 29.2 Å². The lowest BCUT2D eigenvalue weighted by Crippen LogP contribution is -2.60. The van der Waals surface area contributed by atoms with Crippen LogP contribution in [0.25, 0.3) is 28.0 Å². The first-order valence-electron chi connectivity index (χ1n) is 14.8. The first-order chi connectivity index (χ1) is 21.9.